The molecular weight excluding hydrogens is 286 g/mol. The molecule has 1 aromatic carbocycles. The van der Waals surface area contributed by atoms with Crippen LogP contribution in [0, 0.1) is 5.92 Å². The van der Waals surface area contributed by atoms with Gasteiger partial charge in [-0.3, -0.25) is 4.68 Å². The summed E-state index contributed by atoms with van der Waals surface area (Å²) in [6, 6.07) is 10.3. The van der Waals surface area contributed by atoms with E-state index >= 15 is 0 Å². The molecule has 0 saturated heterocycles. The predicted molar refractivity (Wildman–Crippen MR) is 95.4 cm³/mol. The lowest BCUT2D eigenvalue weighted by molar-refractivity contribution is 0.615. The van der Waals surface area contributed by atoms with Gasteiger partial charge in [-0.15, -0.1) is 0 Å². The fraction of sp³-hybridized carbons (Fsp3) is 0.444. The van der Waals surface area contributed by atoms with Gasteiger partial charge in [-0.2, -0.15) is 5.10 Å². The first kappa shape index (κ1) is 17.1. The Morgan fingerprint density at radius 2 is 1.96 bits per heavy atom. The Hall–Kier alpha value is -2.30. The Morgan fingerprint density at radius 3 is 2.65 bits per heavy atom. The molecule has 2 rings (SSSR count). The van der Waals surface area contributed by atoms with Crippen molar-refractivity contribution in [3.63, 3.8) is 0 Å². The number of rotatable bonds is 7. The summed E-state index contributed by atoms with van der Waals surface area (Å²) in [6.07, 6.45) is 3.95. The van der Waals surface area contributed by atoms with Gasteiger partial charge in [0.15, 0.2) is 5.96 Å². The summed E-state index contributed by atoms with van der Waals surface area (Å²) < 4.78 is 1.95. The molecular formula is C18H27N5. The van der Waals surface area contributed by atoms with Crippen LogP contribution in [0.4, 0.5) is 0 Å². The van der Waals surface area contributed by atoms with E-state index < -0.39 is 0 Å². The molecule has 1 aromatic heterocycles. The molecule has 0 fully saturated rings. The van der Waals surface area contributed by atoms with Gasteiger partial charge in [-0.1, -0.05) is 44.2 Å². The van der Waals surface area contributed by atoms with Gasteiger partial charge in [0.2, 0.25) is 0 Å². The molecule has 0 aliphatic heterocycles. The molecule has 5 heteroatoms. The van der Waals surface area contributed by atoms with E-state index in [1.165, 1.54) is 5.56 Å². The summed E-state index contributed by atoms with van der Waals surface area (Å²) in [4.78, 5) is 4.62. The van der Waals surface area contributed by atoms with Gasteiger partial charge in [0.25, 0.3) is 0 Å². The molecule has 0 spiro atoms. The second kappa shape index (κ2) is 8.98. The standard InChI is InChI=1S/C18H27N5/c1-4-19-18(20-10-15(2)3)21-11-17-12-22-23(14-17)13-16-8-6-5-7-9-16/h5-9,12,14-15H,4,10-11,13H2,1-3H3,(H2,19,20,21). The SMILES string of the molecule is CCNC(=NCc1cnn(Cc2ccccc2)c1)NCC(C)C. The van der Waals surface area contributed by atoms with Crippen molar-refractivity contribution >= 4 is 5.96 Å². The highest BCUT2D eigenvalue weighted by atomic mass is 15.3. The van der Waals surface area contributed by atoms with Gasteiger partial charge in [-0.05, 0) is 18.4 Å². The second-order valence-electron chi connectivity index (χ2n) is 6.00. The lowest BCUT2D eigenvalue weighted by Gasteiger charge is -2.12. The topological polar surface area (TPSA) is 54.2 Å². The van der Waals surface area contributed by atoms with Crippen molar-refractivity contribution in [1.82, 2.24) is 20.4 Å². The minimum absolute atomic E-state index is 0.590. The highest BCUT2D eigenvalue weighted by molar-refractivity contribution is 5.79. The highest BCUT2D eigenvalue weighted by Crippen LogP contribution is 2.05. The monoisotopic (exact) mass is 313 g/mol. The van der Waals surface area contributed by atoms with Crippen molar-refractivity contribution in [2.45, 2.75) is 33.9 Å². The molecule has 1 heterocycles. The Labute approximate surface area is 138 Å². The number of nitrogens with one attached hydrogen (secondary N) is 2. The highest BCUT2D eigenvalue weighted by Gasteiger charge is 2.02. The molecule has 23 heavy (non-hydrogen) atoms. The maximum atomic E-state index is 4.62. The lowest BCUT2D eigenvalue weighted by atomic mass is 10.2. The van der Waals surface area contributed by atoms with E-state index in [2.05, 4.69) is 59.8 Å². The van der Waals surface area contributed by atoms with Crippen LogP contribution in [-0.4, -0.2) is 28.8 Å². The molecule has 0 amide bonds. The molecule has 0 unspecified atom stereocenters. The van der Waals surface area contributed by atoms with Gasteiger partial charge in [0.1, 0.15) is 0 Å². The van der Waals surface area contributed by atoms with Crippen molar-refractivity contribution in [2.24, 2.45) is 10.9 Å². The van der Waals surface area contributed by atoms with Crippen LogP contribution in [0.15, 0.2) is 47.7 Å². The van der Waals surface area contributed by atoms with Crippen molar-refractivity contribution in [3.8, 4) is 0 Å². The zero-order valence-corrected chi connectivity index (χ0v) is 14.3. The molecule has 2 N–H and O–H groups in total. The van der Waals surface area contributed by atoms with Crippen molar-refractivity contribution < 1.29 is 0 Å². The van der Waals surface area contributed by atoms with Crippen molar-refractivity contribution in [2.75, 3.05) is 13.1 Å². The molecule has 0 saturated carbocycles. The minimum Gasteiger partial charge on any atom is -0.357 e. The lowest BCUT2D eigenvalue weighted by Crippen LogP contribution is -2.39. The van der Waals surface area contributed by atoms with E-state index in [1.807, 2.05) is 29.1 Å². The average Bonchev–Trinajstić information content (AvgIpc) is 2.98. The number of hydrogen-bond donors (Lipinski definition) is 2. The third-order valence-electron chi connectivity index (χ3n) is 3.32. The van der Waals surface area contributed by atoms with Crippen molar-refractivity contribution in [1.29, 1.82) is 0 Å². The molecule has 124 valence electrons. The Morgan fingerprint density at radius 1 is 1.17 bits per heavy atom. The van der Waals surface area contributed by atoms with Crippen LogP contribution in [0.25, 0.3) is 0 Å². The summed E-state index contributed by atoms with van der Waals surface area (Å²) in [5.41, 5.74) is 2.36. The van der Waals surface area contributed by atoms with E-state index in [9.17, 15) is 0 Å². The number of aromatic nitrogens is 2. The van der Waals surface area contributed by atoms with E-state index in [4.69, 9.17) is 0 Å². The van der Waals surface area contributed by atoms with Crippen molar-refractivity contribution in [3.05, 3.63) is 53.9 Å². The van der Waals surface area contributed by atoms with Gasteiger partial charge < -0.3 is 10.6 Å². The van der Waals surface area contributed by atoms with Crippen LogP contribution in [0.5, 0.6) is 0 Å². The largest absolute Gasteiger partial charge is 0.357 e. The van der Waals surface area contributed by atoms with Crippen LogP contribution in [-0.2, 0) is 13.1 Å². The quantitative estimate of drug-likeness (QED) is 0.610. The third-order valence-corrected chi connectivity index (χ3v) is 3.32. The molecule has 0 aliphatic rings. The first-order valence-corrected chi connectivity index (χ1v) is 8.24. The summed E-state index contributed by atoms with van der Waals surface area (Å²) in [6.45, 7) is 9.63. The summed E-state index contributed by atoms with van der Waals surface area (Å²) >= 11 is 0. The first-order valence-electron chi connectivity index (χ1n) is 8.24. The zero-order valence-electron chi connectivity index (χ0n) is 14.3. The number of hydrogen-bond acceptors (Lipinski definition) is 2. The zero-order chi connectivity index (χ0) is 16.5. The van der Waals surface area contributed by atoms with Crippen LogP contribution in [0.3, 0.4) is 0 Å². The number of guanidine groups is 1. The van der Waals surface area contributed by atoms with Crippen LogP contribution >= 0.6 is 0 Å². The maximum absolute atomic E-state index is 4.62. The number of benzene rings is 1. The van der Waals surface area contributed by atoms with E-state index in [1.54, 1.807) is 0 Å². The predicted octanol–water partition coefficient (Wildman–Crippen LogP) is 2.64. The molecule has 0 bridgehead atoms. The summed E-state index contributed by atoms with van der Waals surface area (Å²) in [5.74, 6) is 1.45. The summed E-state index contributed by atoms with van der Waals surface area (Å²) in [5, 5.41) is 11.0. The normalized spacial score (nSPS) is 11.7. The van der Waals surface area contributed by atoms with E-state index in [-0.39, 0.29) is 0 Å². The van der Waals surface area contributed by atoms with E-state index in [0.717, 1.165) is 31.2 Å². The molecule has 5 nitrogen and oxygen atoms in total. The van der Waals surface area contributed by atoms with Gasteiger partial charge in [0, 0.05) is 24.8 Å². The van der Waals surface area contributed by atoms with Gasteiger partial charge >= 0.3 is 0 Å². The molecule has 0 radical (unpaired) electrons. The minimum atomic E-state index is 0.590. The number of nitrogens with zero attached hydrogens (tertiary/aromatic N) is 3. The Kier molecular flexibility index (Phi) is 6.66. The molecule has 0 aliphatic carbocycles. The van der Waals surface area contributed by atoms with Gasteiger partial charge in [-0.25, -0.2) is 4.99 Å². The fourth-order valence-corrected chi connectivity index (χ4v) is 2.16. The van der Waals surface area contributed by atoms with Crippen LogP contribution < -0.4 is 10.6 Å². The molecule has 0 atom stereocenters. The van der Waals surface area contributed by atoms with Crippen LogP contribution in [0.2, 0.25) is 0 Å². The first-order chi connectivity index (χ1) is 11.2. The van der Waals surface area contributed by atoms with Crippen LogP contribution in [0.1, 0.15) is 31.9 Å². The Bertz CT molecular complexity index is 601. The number of aliphatic imine (C=N–C) groups is 1. The summed E-state index contributed by atoms with van der Waals surface area (Å²) in [7, 11) is 0. The maximum Gasteiger partial charge on any atom is 0.191 e. The Balaban J connectivity index is 1.92. The van der Waals surface area contributed by atoms with E-state index in [0.29, 0.717) is 12.5 Å². The average molecular weight is 313 g/mol. The second-order valence-corrected chi connectivity index (χ2v) is 6.00. The van der Waals surface area contributed by atoms with Gasteiger partial charge in [0.05, 0.1) is 19.3 Å². The fourth-order valence-electron chi connectivity index (χ4n) is 2.16. The third kappa shape index (κ3) is 6.14. The molecule has 2 aromatic rings. The smallest absolute Gasteiger partial charge is 0.191 e.